The number of benzene rings is 1. The van der Waals surface area contributed by atoms with Crippen molar-refractivity contribution in [1.82, 2.24) is 25.2 Å². The maximum absolute atomic E-state index is 5.86. The molecule has 0 aliphatic heterocycles. The van der Waals surface area contributed by atoms with Gasteiger partial charge in [0, 0.05) is 23.0 Å². The van der Waals surface area contributed by atoms with Gasteiger partial charge in [0.1, 0.15) is 0 Å². The second-order valence-corrected chi connectivity index (χ2v) is 4.76. The second-order valence-electron chi connectivity index (χ2n) is 4.32. The van der Waals surface area contributed by atoms with Gasteiger partial charge in [-0.1, -0.05) is 11.6 Å². The van der Waals surface area contributed by atoms with E-state index in [-0.39, 0.29) is 0 Å². The molecule has 1 aromatic carbocycles. The smallest absolute Gasteiger partial charge is 0.204 e. The minimum atomic E-state index is 0.608. The molecular formula is C14H12ClN5. The molecule has 2 heterocycles. The Hall–Kier alpha value is -2.27. The van der Waals surface area contributed by atoms with Crippen LogP contribution in [-0.4, -0.2) is 25.2 Å². The molecule has 0 bridgehead atoms. The average Bonchev–Trinajstić information content (AvgIpc) is 2.96. The normalized spacial score (nSPS) is 10.7. The number of hydrogen-bond acceptors (Lipinski definition) is 4. The Balaban J connectivity index is 1.69. The molecule has 0 saturated heterocycles. The number of tetrazole rings is 1. The number of hydrogen-bond donors (Lipinski definition) is 0. The number of aromatic nitrogens is 5. The van der Waals surface area contributed by atoms with Crippen LogP contribution in [0.15, 0.2) is 48.8 Å². The van der Waals surface area contributed by atoms with Crippen LogP contribution in [0.2, 0.25) is 5.02 Å². The number of aryl methyl sites for hydroxylation is 2. The summed E-state index contributed by atoms with van der Waals surface area (Å²) in [6.07, 6.45) is 4.41. The van der Waals surface area contributed by atoms with E-state index in [9.17, 15) is 0 Å². The Kier molecular flexibility index (Phi) is 3.69. The van der Waals surface area contributed by atoms with Gasteiger partial charge in [0.2, 0.25) is 5.82 Å². The van der Waals surface area contributed by atoms with Crippen molar-refractivity contribution in [2.75, 3.05) is 0 Å². The van der Waals surface area contributed by atoms with Crippen molar-refractivity contribution < 1.29 is 0 Å². The van der Waals surface area contributed by atoms with Gasteiger partial charge in [0.25, 0.3) is 0 Å². The first-order chi connectivity index (χ1) is 9.81. The van der Waals surface area contributed by atoms with Gasteiger partial charge >= 0.3 is 0 Å². The third-order valence-electron chi connectivity index (χ3n) is 2.91. The number of rotatable bonds is 4. The molecule has 0 atom stereocenters. The molecule has 0 fully saturated rings. The van der Waals surface area contributed by atoms with Crippen molar-refractivity contribution in [1.29, 1.82) is 0 Å². The lowest BCUT2D eigenvalue weighted by molar-refractivity contribution is 0.522. The standard InChI is InChI=1S/C14H12ClN5/c15-13-3-1-12(2-4-13)14-17-19-20(18-14)10-7-11-5-8-16-9-6-11/h1-6,8-9H,7,10H2. The topological polar surface area (TPSA) is 56.5 Å². The Morgan fingerprint density at radius 3 is 2.50 bits per heavy atom. The van der Waals surface area contributed by atoms with E-state index < -0.39 is 0 Å². The average molecular weight is 286 g/mol. The van der Waals surface area contributed by atoms with Gasteiger partial charge in [-0.05, 0) is 53.6 Å². The van der Waals surface area contributed by atoms with Crippen LogP contribution < -0.4 is 0 Å². The molecule has 0 radical (unpaired) electrons. The van der Waals surface area contributed by atoms with Gasteiger partial charge < -0.3 is 0 Å². The summed E-state index contributed by atoms with van der Waals surface area (Å²) >= 11 is 5.86. The van der Waals surface area contributed by atoms with E-state index in [0.29, 0.717) is 17.4 Å². The summed E-state index contributed by atoms with van der Waals surface area (Å²) in [4.78, 5) is 5.59. The first-order valence-corrected chi connectivity index (χ1v) is 6.62. The summed E-state index contributed by atoms with van der Waals surface area (Å²) in [5.74, 6) is 0.608. The molecule has 0 spiro atoms. The van der Waals surface area contributed by atoms with Gasteiger partial charge in [-0.25, -0.2) is 0 Å². The summed E-state index contributed by atoms with van der Waals surface area (Å²) < 4.78 is 0. The fraction of sp³-hybridized carbons (Fsp3) is 0.143. The zero-order valence-electron chi connectivity index (χ0n) is 10.6. The van der Waals surface area contributed by atoms with Crippen LogP contribution in [0.1, 0.15) is 5.56 Å². The quantitative estimate of drug-likeness (QED) is 0.739. The number of halogens is 1. The molecule has 20 heavy (non-hydrogen) atoms. The molecule has 0 saturated carbocycles. The van der Waals surface area contributed by atoms with E-state index in [1.165, 1.54) is 5.56 Å². The molecule has 100 valence electrons. The highest BCUT2D eigenvalue weighted by Crippen LogP contribution is 2.16. The minimum Gasteiger partial charge on any atom is -0.265 e. The van der Waals surface area contributed by atoms with Crippen LogP contribution in [-0.2, 0) is 13.0 Å². The zero-order chi connectivity index (χ0) is 13.8. The van der Waals surface area contributed by atoms with Crippen molar-refractivity contribution in [3.8, 4) is 11.4 Å². The predicted molar refractivity (Wildman–Crippen MR) is 76.2 cm³/mol. The van der Waals surface area contributed by atoms with Crippen molar-refractivity contribution in [3.05, 3.63) is 59.4 Å². The maximum Gasteiger partial charge on any atom is 0.204 e. The Bertz CT molecular complexity index is 678. The zero-order valence-corrected chi connectivity index (χ0v) is 11.4. The van der Waals surface area contributed by atoms with E-state index >= 15 is 0 Å². The van der Waals surface area contributed by atoms with Gasteiger partial charge in [-0.3, -0.25) is 4.98 Å². The first-order valence-electron chi connectivity index (χ1n) is 6.24. The van der Waals surface area contributed by atoms with E-state index in [2.05, 4.69) is 20.4 Å². The lowest BCUT2D eigenvalue weighted by Gasteiger charge is -1.99. The monoisotopic (exact) mass is 285 g/mol. The van der Waals surface area contributed by atoms with Crippen molar-refractivity contribution in [2.24, 2.45) is 0 Å². The van der Waals surface area contributed by atoms with Crippen LogP contribution >= 0.6 is 11.6 Å². The molecule has 5 nitrogen and oxygen atoms in total. The lowest BCUT2D eigenvalue weighted by atomic mass is 10.2. The van der Waals surface area contributed by atoms with Crippen molar-refractivity contribution in [2.45, 2.75) is 13.0 Å². The summed E-state index contributed by atoms with van der Waals surface area (Å²) in [5.41, 5.74) is 2.11. The van der Waals surface area contributed by atoms with Crippen LogP contribution in [0.4, 0.5) is 0 Å². The predicted octanol–water partition coefficient (Wildman–Crippen LogP) is 2.63. The highest BCUT2D eigenvalue weighted by atomic mass is 35.5. The van der Waals surface area contributed by atoms with Crippen LogP contribution in [0.5, 0.6) is 0 Å². The van der Waals surface area contributed by atoms with E-state index in [1.54, 1.807) is 17.2 Å². The molecule has 2 aromatic heterocycles. The maximum atomic E-state index is 5.86. The minimum absolute atomic E-state index is 0.608. The van der Waals surface area contributed by atoms with Gasteiger partial charge in [0.15, 0.2) is 0 Å². The summed E-state index contributed by atoms with van der Waals surface area (Å²) in [7, 11) is 0. The van der Waals surface area contributed by atoms with Gasteiger partial charge in [-0.2, -0.15) is 4.80 Å². The molecule has 0 amide bonds. The van der Waals surface area contributed by atoms with Crippen LogP contribution in [0.3, 0.4) is 0 Å². The van der Waals surface area contributed by atoms with E-state index in [4.69, 9.17) is 11.6 Å². The fourth-order valence-corrected chi connectivity index (χ4v) is 1.96. The van der Waals surface area contributed by atoms with Crippen LogP contribution in [0, 0.1) is 0 Å². The van der Waals surface area contributed by atoms with Crippen molar-refractivity contribution in [3.63, 3.8) is 0 Å². The SMILES string of the molecule is Clc1ccc(-c2nnn(CCc3ccncc3)n2)cc1. The highest BCUT2D eigenvalue weighted by Gasteiger charge is 2.05. The molecule has 6 heteroatoms. The van der Waals surface area contributed by atoms with Gasteiger partial charge in [0.05, 0.1) is 6.54 Å². The number of pyridine rings is 1. The molecular weight excluding hydrogens is 274 g/mol. The molecule has 0 aliphatic carbocycles. The molecule has 3 aromatic rings. The van der Waals surface area contributed by atoms with E-state index in [1.807, 2.05) is 36.4 Å². The highest BCUT2D eigenvalue weighted by molar-refractivity contribution is 6.30. The number of nitrogens with zero attached hydrogens (tertiary/aromatic N) is 5. The first kappa shape index (κ1) is 12.7. The Labute approximate surface area is 121 Å². The molecule has 0 aliphatic rings. The largest absolute Gasteiger partial charge is 0.265 e. The molecule has 0 N–H and O–H groups in total. The lowest BCUT2D eigenvalue weighted by Crippen LogP contribution is -2.05. The Morgan fingerprint density at radius 1 is 1.00 bits per heavy atom. The third-order valence-corrected chi connectivity index (χ3v) is 3.16. The molecule has 0 unspecified atom stereocenters. The summed E-state index contributed by atoms with van der Waals surface area (Å²) in [6, 6.07) is 11.4. The molecule has 3 rings (SSSR count). The van der Waals surface area contributed by atoms with Crippen LogP contribution in [0.25, 0.3) is 11.4 Å². The van der Waals surface area contributed by atoms with Crippen molar-refractivity contribution >= 4 is 11.6 Å². The summed E-state index contributed by atoms with van der Waals surface area (Å²) in [6.45, 7) is 0.685. The van der Waals surface area contributed by atoms with Gasteiger partial charge in [-0.15, -0.1) is 10.2 Å². The summed E-state index contributed by atoms with van der Waals surface area (Å²) in [5, 5.41) is 13.2. The van der Waals surface area contributed by atoms with E-state index in [0.717, 1.165) is 12.0 Å². The Morgan fingerprint density at radius 2 is 1.75 bits per heavy atom. The fourth-order valence-electron chi connectivity index (χ4n) is 1.83. The third kappa shape index (κ3) is 3.00. The second kappa shape index (κ2) is 5.79.